The van der Waals surface area contributed by atoms with E-state index in [4.69, 9.17) is 5.21 Å². The van der Waals surface area contributed by atoms with E-state index in [0.29, 0.717) is 11.3 Å². The van der Waals surface area contributed by atoms with Crippen molar-refractivity contribution in [1.29, 1.82) is 0 Å². The van der Waals surface area contributed by atoms with E-state index >= 15 is 0 Å². The Bertz CT molecular complexity index is 378. The molecule has 2 saturated carbocycles. The monoisotopic (exact) mass is 233 g/mol. The van der Waals surface area contributed by atoms with Gasteiger partial charge in [0.2, 0.25) is 0 Å². The average molecular weight is 233 g/mol. The van der Waals surface area contributed by atoms with Gasteiger partial charge in [0.25, 0.3) is 0 Å². The van der Waals surface area contributed by atoms with E-state index < -0.39 is 0 Å². The molecule has 0 aliphatic heterocycles. The third-order valence-corrected chi connectivity index (χ3v) is 4.73. The predicted octanol–water partition coefficient (Wildman–Crippen LogP) is 4.17. The smallest absolute Gasteiger partial charge is 0.0824 e. The van der Waals surface area contributed by atoms with Crippen LogP contribution in [0.3, 0.4) is 0 Å². The molecule has 2 aliphatic rings. The summed E-state index contributed by atoms with van der Waals surface area (Å²) in [6.07, 6.45) is 5.09. The van der Waals surface area contributed by atoms with E-state index in [9.17, 15) is 0 Å². The molecular weight excluding hydrogens is 210 g/mol. The molecule has 2 heteroatoms. The van der Waals surface area contributed by atoms with E-state index in [1.807, 2.05) is 0 Å². The van der Waals surface area contributed by atoms with Crippen LogP contribution in [-0.2, 0) is 0 Å². The summed E-state index contributed by atoms with van der Waals surface area (Å²) in [5.41, 5.74) is 3.55. The molecular formula is C15H23NO. The van der Waals surface area contributed by atoms with Crippen LogP contribution in [0.2, 0.25) is 0 Å². The first-order valence-electron chi connectivity index (χ1n) is 6.52. The second kappa shape index (κ2) is 4.32. The maximum atomic E-state index is 9.00. The van der Waals surface area contributed by atoms with Gasteiger partial charge in [-0.2, -0.15) is 0 Å². The van der Waals surface area contributed by atoms with Crippen LogP contribution in [0.1, 0.15) is 46.0 Å². The van der Waals surface area contributed by atoms with Crippen LogP contribution in [0.15, 0.2) is 29.5 Å². The number of nitrogens with zero attached hydrogens (tertiary/aromatic N) is 1. The fourth-order valence-electron chi connectivity index (χ4n) is 3.50. The van der Waals surface area contributed by atoms with Crippen molar-refractivity contribution in [2.24, 2.45) is 22.4 Å². The Balaban J connectivity index is 2.17. The molecule has 0 amide bonds. The molecule has 2 aliphatic carbocycles. The number of fused-ring (bicyclic) bond motifs is 1. The molecule has 0 bridgehead atoms. The lowest BCUT2D eigenvalue weighted by Crippen LogP contribution is -2.44. The Morgan fingerprint density at radius 2 is 1.94 bits per heavy atom. The summed E-state index contributed by atoms with van der Waals surface area (Å²) in [5, 5.41) is 12.4. The standard InChI is InChI=1S/C15H23NO/c1-10-6-8-14(16-17)11(2)5-7-13-12(10)9-15(13,3)4/h12-13,17H,1-2,5-9H2,3-4H3/b16-14-/t12-,13+/m0/s1. The van der Waals surface area contributed by atoms with Gasteiger partial charge in [-0.3, -0.25) is 0 Å². The third kappa shape index (κ3) is 2.18. The van der Waals surface area contributed by atoms with E-state index in [-0.39, 0.29) is 0 Å². The summed E-state index contributed by atoms with van der Waals surface area (Å²) in [5.74, 6) is 1.40. The van der Waals surface area contributed by atoms with Crippen LogP contribution >= 0.6 is 0 Å². The van der Waals surface area contributed by atoms with Crippen molar-refractivity contribution in [2.45, 2.75) is 46.0 Å². The van der Waals surface area contributed by atoms with Crippen LogP contribution in [0, 0.1) is 17.3 Å². The minimum absolute atomic E-state index is 0.439. The minimum atomic E-state index is 0.439. The number of oxime groups is 1. The zero-order valence-electron chi connectivity index (χ0n) is 11.0. The first kappa shape index (κ1) is 12.4. The third-order valence-electron chi connectivity index (χ3n) is 4.73. The maximum Gasteiger partial charge on any atom is 0.0824 e. The lowest BCUT2D eigenvalue weighted by molar-refractivity contribution is 0.00412. The highest BCUT2D eigenvalue weighted by atomic mass is 16.4. The zero-order valence-corrected chi connectivity index (χ0v) is 11.0. The van der Waals surface area contributed by atoms with Gasteiger partial charge in [0, 0.05) is 0 Å². The summed E-state index contributed by atoms with van der Waals surface area (Å²) in [4.78, 5) is 0. The van der Waals surface area contributed by atoms with Gasteiger partial charge in [-0.25, -0.2) is 0 Å². The maximum absolute atomic E-state index is 9.00. The first-order chi connectivity index (χ1) is 7.95. The van der Waals surface area contributed by atoms with Crippen LogP contribution in [0.4, 0.5) is 0 Å². The number of rotatable bonds is 0. The number of allylic oxidation sites excluding steroid dienone is 2. The van der Waals surface area contributed by atoms with Crippen molar-refractivity contribution in [2.75, 3.05) is 0 Å². The summed E-state index contributed by atoms with van der Waals surface area (Å²) < 4.78 is 0. The molecule has 1 N–H and O–H groups in total. The predicted molar refractivity (Wildman–Crippen MR) is 71.3 cm³/mol. The van der Waals surface area contributed by atoms with E-state index in [1.54, 1.807) is 0 Å². The SMILES string of the molecule is C=C1CC[C@@H]2[C@@H](CC2(C)C)C(=C)CC/C1=N/O. The highest BCUT2D eigenvalue weighted by Crippen LogP contribution is 2.56. The summed E-state index contributed by atoms with van der Waals surface area (Å²) in [6, 6.07) is 0. The van der Waals surface area contributed by atoms with Gasteiger partial charge in [-0.15, -0.1) is 0 Å². The van der Waals surface area contributed by atoms with E-state index in [1.165, 1.54) is 12.0 Å². The van der Waals surface area contributed by atoms with Crippen molar-refractivity contribution in [3.05, 3.63) is 24.3 Å². The van der Waals surface area contributed by atoms with Crippen LogP contribution < -0.4 is 0 Å². The summed E-state index contributed by atoms with van der Waals surface area (Å²) >= 11 is 0. The average Bonchev–Trinajstić information content (AvgIpc) is 2.30. The summed E-state index contributed by atoms with van der Waals surface area (Å²) in [6.45, 7) is 13.0. The molecule has 0 aromatic heterocycles. The number of hydrogen-bond acceptors (Lipinski definition) is 2. The number of hydrogen-bond donors (Lipinski definition) is 1. The van der Waals surface area contributed by atoms with Gasteiger partial charge in [-0.05, 0) is 54.9 Å². The van der Waals surface area contributed by atoms with Gasteiger partial charge in [-0.1, -0.05) is 37.7 Å². The van der Waals surface area contributed by atoms with E-state index in [2.05, 4.69) is 32.2 Å². The van der Waals surface area contributed by atoms with Crippen LogP contribution in [-0.4, -0.2) is 10.9 Å². The second-order valence-corrected chi connectivity index (χ2v) is 6.25. The van der Waals surface area contributed by atoms with Gasteiger partial charge in [0.05, 0.1) is 5.71 Å². The normalized spacial score (nSPS) is 35.5. The molecule has 2 nitrogen and oxygen atoms in total. The molecule has 2 fully saturated rings. The van der Waals surface area contributed by atoms with Crippen molar-refractivity contribution in [1.82, 2.24) is 0 Å². The minimum Gasteiger partial charge on any atom is -0.411 e. The first-order valence-corrected chi connectivity index (χ1v) is 6.52. The Hall–Kier alpha value is -1.05. The van der Waals surface area contributed by atoms with Crippen LogP contribution in [0.5, 0.6) is 0 Å². The Morgan fingerprint density at radius 1 is 1.24 bits per heavy atom. The quantitative estimate of drug-likeness (QED) is 0.380. The largest absolute Gasteiger partial charge is 0.411 e. The molecule has 0 spiro atoms. The molecule has 2 atom stereocenters. The molecule has 2 rings (SSSR count). The molecule has 0 aromatic rings. The molecule has 0 heterocycles. The fourth-order valence-corrected chi connectivity index (χ4v) is 3.50. The lowest BCUT2D eigenvalue weighted by atomic mass is 9.52. The van der Waals surface area contributed by atoms with Gasteiger partial charge in [0.15, 0.2) is 0 Å². The topological polar surface area (TPSA) is 32.6 Å². The lowest BCUT2D eigenvalue weighted by Gasteiger charge is -2.53. The van der Waals surface area contributed by atoms with Crippen LogP contribution in [0.25, 0.3) is 0 Å². The van der Waals surface area contributed by atoms with Crippen molar-refractivity contribution >= 4 is 5.71 Å². The fraction of sp³-hybridized carbons (Fsp3) is 0.667. The molecule has 0 unspecified atom stereocenters. The van der Waals surface area contributed by atoms with E-state index in [0.717, 1.165) is 42.9 Å². The highest BCUT2D eigenvalue weighted by molar-refractivity contribution is 5.99. The molecule has 17 heavy (non-hydrogen) atoms. The summed E-state index contributed by atoms with van der Waals surface area (Å²) in [7, 11) is 0. The van der Waals surface area contributed by atoms with Gasteiger partial charge >= 0.3 is 0 Å². The van der Waals surface area contributed by atoms with Gasteiger partial charge in [0.1, 0.15) is 0 Å². The molecule has 94 valence electrons. The van der Waals surface area contributed by atoms with Gasteiger partial charge < -0.3 is 5.21 Å². The molecule has 0 radical (unpaired) electrons. The second-order valence-electron chi connectivity index (χ2n) is 6.25. The molecule has 0 saturated heterocycles. The highest BCUT2D eigenvalue weighted by Gasteiger charge is 2.47. The Morgan fingerprint density at radius 3 is 2.53 bits per heavy atom. The molecule has 0 aromatic carbocycles. The zero-order chi connectivity index (χ0) is 12.6. The Kier molecular flexibility index (Phi) is 3.15. The van der Waals surface area contributed by atoms with Crippen molar-refractivity contribution < 1.29 is 5.21 Å². The van der Waals surface area contributed by atoms with Crippen molar-refractivity contribution in [3.63, 3.8) is 0 Å². The Labute approximate surface area is 104 Å². The van der Waals surface area contributed by atoms with Crippen molar-refractivity contribution in [3.8, 4) is 0 Å².